The van der Waals surface area contributed by atoms with E-state index in [0.29, 0.717) is 6.04 Å². The SMILES string of the molecule is CCN1CCN(C(C)CNC(=NC)NCCCSc2ccc(F)cc2)CC1.I. The predicted octanol–water partition coefficient (Wildman–Crippen LogP) is 3.12. The zero-order chi connectivity index (χ0) is 19.5. The predicted molar refractivity (Wildman–Crippen MR) is 130 cm³/mol. The number of thioether (sulfide) groups is 1. The molecule has 8 heteroatoms. The number of guanidine groups is 1. The van der Waals surface area contributed by atoms with E-state index in [1.54, 1.807) is 11.8 Å². The number of nitrogens with one attached hydrogen (secondary N) is 2. The molecule has 0 aliphatic carbocycles. The van der Waals surface area contributed by atoms with Crippen LogP contribution in [0.2, 0.25) is 0 Å². The van der Waals surface area contributed by atoms with Crippen molar-refractivity contribution >= 4 is 41.7 Å². The fourth-order valence-corrected chi connectivity index (χ4v) is 3.97. The quantitative estimate of drug-likeness (QED) is 0.171. The lowest BCUT2D eigenvalue weighted by molar-refractivity contribution is 0.107. The molecule has 1 heterocycles. The fourth-order valence-electron chi connectivity index (χ4n) is 3.11. The van der Waals surface area contributed by atoms with E-state index in [2.05, 4.69) is 39.3 Å². The molecule has 0 aromatic heterocycles. The van der Waals surface area contributed by atoms with Gasteiger partial charge in [-0.1, -0.05) is 6.92 Å². The van der Waals surface area contributed by atoms with Crippen molar-refractivity contribution in [1.82, 2.24) is 20.4 Å². The molecule has 2 N–H and O–H groups in total. The molecule has 1 unspecified atom stereocenters. The van der Waals surface area contributed by atoms with Gasteiger partial charge in [-0.3, -0.25) is 9.89 Å². The van der Waals surface area contributed by atoms with E-state index >= 15 is 0 Å². The van der Waals surface area contributed by atoms with Crippen molar-refractivity contribution in [2.24, 2.45) is 4.99 Å². The second-order valence-electron chi connectivity index (χ2n) is 6.86. The molecule has 28 heavy (non-hydrogen) atoms. The summed E-state index contributed by atoms with van der Waals surface area (Å²) in [7, 11) is 1.81. The maximum absolute atomic E-state index is 12.9. The minimum absolute atomic E-state index is 0. The van der Waals surface area contributed by atoms with E-state index in [0.717, 1.165) is 55.8 Å². The average Bonchev–Trinajstić information content (AvgIpc) is 2.71. The molecule has 0 amide bonds. The van der Waals surface area contributed by atoms with Gasteiger partial charge in [-0.15, -0.1) is 35.7 Å². The van der Waals surface area contributed by atoms with Gasteiger partial charge < -0.3 is 15.5 Å². The number of piperazine rings is 1. The van der Waals surface area contributed by atoms with Crippen molar-refractivity contribution < 1.29 is 4.39 Å². The van der Waals surface area contributed by atoms with Gasteiger partial charge in [0.1, 0.15) is 5.82 Å². The Labute approximate surface area is 190 Å². The van der Waals surface area contributed by atoms with Gasteiger partial charge in [0.15, 0.2) is 5.96 Å². The molecule has 1 saturated heterocycles. The minimum Gasteiger partial charge on any atom is -0.356 e. The van der Waals surface area contributed by atoms with Crippen molar-refractivity contribution in [2.75, 3.05) is 58.6 Å². The Morgan fingerprint density at radius 2 is 1.86 bits per heavy atom. The molecule has 2 rings (SSSR count). The second-order valence-corrected chi connectivity index (χ2v) is 8.02. The summed E-state index contributed by atoms with van der Waals surface area (Å²) in [6, 6.07) is 7.17. The number of aliphatic imine (C=N–C) groups is 1. The molecule has 0 radical (unpaired) electrons. The monoisotopic (exact) mass is 523 g/mol. The first-order valence-corrected chi connectivity index (χ1v) is 10.9. The van der Waals surface area contributed by atoms with Crippen LogP contribution < -0.4 is 10.6 Å². The van der Waals surface area contributed by atoms with Crippen LogP contribution in [0.4, 0.5) is 4.39 Å². The Bertz CT molecular complexity index is 564. The fraction of sp³-hybridized carbons (Fsp3) is 0.650. The molecular weight excluding hydrogens is 488 g/mol. The highest BCUT2D eigenvalue weighted by Crippen LogP contribution is 2.18. The Morgan fingerprint density at radius 3 is 2.46 bits per heavy atom. The van der Waals surface area contributed by atoms with Crippen LogP contribution >= 0.6 is 35.7 Å². The molecular formula is C20H35FIN5S. The Kier molecular flexibility index (Phi) is 13.1. The van der Waals surface area contributed by atoms with Gasteiger partial charge in [0.25, 0.3) is 0 Å². The van der Waals surface area contributed by atoms with Crippen molar-refractivity contribution in [2.45, 2.75) is 31.2 Å². The number of benzene rings is 1. The lowest BCUT2D eigenvalue weighted by atomic mass is 10.2. The van der Waals surface area contributed by atoms with E-state index in [4.69, 9.17) is 0 Å². The van der Waals surface area contributed by atoms with Crippen LogP contribution in [-0.4, -0.2) is 80.4 Å². The summed E-state index contributed by atoms with van der Waals surface area (Å²) >= 11 is 1.75. The highest BCUT2D eigenvalue weighted by Gasteiger charge is 2.20. The molecule has 1 aliphatic rings. The minimum atomic E-state index is -0.183. The van der Waals surface area contributed by atoms with Gasteiger partial charge in [0.2, 0.25) is 0 Å². The van der Waals surface area contributed by atoms with E-state index in [-0.39, 0.29) is 29.8 Å². The number of likely N-dealkylation sites (N-methyl/N-ethyl adjacent to an activating group) is 1. The number of halogens is 2. The van der Waals surface area contributed by atoms with Crippen molar-refractivity contribution in [3.63, 3.8) is 0 Å². The van der Waals surface area contributed by atoms with Crippen LogP contribution in [0.5, 0.6) is 0 Å². The number of rotatable bonds is 9. The molecule has 1 atom stereocenters. The van der Waals surface area contributed by atoms with Gasteiger partial charge in [-0.25, -0.2) is 4.39 Å². The number of hydrogen-bond donors (Lipinski definition) is 2. The third-order valence-electron chi connectivity index (χ3n) is 4.96. The third-order valence-corrected chi connectivity index (χ3v) is 6.06. The van der Waals surface area contributed by atoms with Crippen LogP contribution in [-0.2, 0) is 0 Å². The maximum atomic E-state index is 12.9. The van der Waals surface area contributed by atoms with Crippen LogP contribution in [0.15, 0.2) is 34.2 Å². The Morgan fingerprint density at radius 1 is 1.18 bits per heavy atom. The van der Waals surface area contributed by atoms with E-state index in [1.807, 2.05) is 19.2 Å². The highest BCUT2D eigenvalue weighted by molar-refractivity contribution is 14.0. The first kappa shape index (κ1) is 25.5. The number of hydrogen-bond acceptors (Lipinski definition) is 4. The average molecular weight is 524 g/mol. The van der Waals surface area contributed by atoms with Gasteiger partial charge in [-0.05, 0) is 49.9 Å². The van der Waals surface area contributed by atoms with Crippen LogP contribution in [0.25, 0.3) is 0 Å². The summed E-state index contributed by atoms with van der Waals surface area (Å²) in [5.41, 5.74) is 0. The van der Waals surface area contributed by atoms with Gasteiger partial charge in [-0.2, -0.15) is 0 Å². The molecule has 0 saturated carbocycles. The van der Waals surface area contributed by atoms with Crippen LogP contribution in [0.1, 0.15) is 20.3 Å². The molecule has 0 bridgehead atoms. The van der Waals surface area contributed by atoms with E-state index in [1.165, 1.54) is 25.2 Å². The molecule has 1 fully saturated rings. The summed E-state index contributed by atoms with van der Waals surface area (Å²) in [4.78, 5) is 10.5. The van der Waals surface area contributed by atoms with Gasteiger partial charge in [0, 0.05) is 57.3 Å². The smallest absolute Gasteiger partial charge is 0.191 e. The topological polar surface area (TPSA) is 42.9 Å². The molecule has 1 aromatic rings. The molecule has 1 aromatic carbocycles. The Hall–Kier alpha value is -0.580. The number of nitrogens with zero attached hydrogens (tertiary/aromatic N) is 3. The highest BCUT2D eigenvalue weighted by atomic mass is 127. The van der Waals surface area contributed by atoms with E-state index < -0.39 is 0 Å². The van der Waals surface area contributed by atoms with Crippen LogP contribution in [0, 0.1) is 5.82 Å². The van der Waals surface area contributed by atoms with Crippen molar-refractivity contribution in [3.05, 3.63) is 30.1 Å². The summed E-state index contributed by atoms with van der Waals surface area (Å²) in [6.45, 7) is 12.0. The summed E-state index contributed by atoms with van der Waals surface area (Å²) in [5.74, 6) is 1.67. The lowest BCUT2D eigenvalue weighted by Crippen LogP contribution is -2.53. The standard InChI is InChI=1S/C20H34FN5S.HI/c1-4-25-11-13-26(14-12-25)17(2)16-24-20(22-3)23-10-5-15-27-19-8-6-18(21)7-9-19;/h6-9,17H,4-5,10-16H2,1-3H3,(H2,22,23,24);1H. The Balaban J connectivity index is 0.00000392. The zero-order valence-electron chi connectivity index (χ0n) is 17.3. The third kappa shape index (κ3) is 9.28. The van der Waals surface area contributed by atoms with Crippen molar-refractivity contribution in [1.29, 1.82) is 0 Å². The van der Waals surface area contributed by atoms with Crippen molar-refractivity contribution in [3.8, 4) is 0 Å². The summed E-state index contributed by atoms with van der Waals surface area (Å²) < 4.78 is 12.9. The molecule has 0 spiro atoms. The summed E-state index contributed by atoms with van der Waals surface area (Å²) in [6.07, 6.45) is 1.03. The second kappa shape index (κ2) is 14.4. The molecule has 1 aliphatic heterocycles. The summed E-state index contributed by atoms with van der Waals surface area (Å²) in [5, 5.41) is 6.82. The van der Waals surface area contributed by atoms with E-state index in [9.17, 15) is 4.39 Å². The molecule has 160 valence electrons. The first-order chi connectivity index (χ1) is 13.1. The normalized spacial score (nSPS) is 17.1. The largest absolute Gasteiger partial charge is 0.356 e. The van der Waals surface area contributed by atoms with Crippen LogP contribution in [0.3, 0.4) is 0 Å². The first-order valence-electron chi connectivity index (χ1n) is 9.91. The lowest BCUT2D eigenvalue weighted by Gasteiger charge is -2.37. The van der Waals surface area contributed by atoms with Gasteiger partial charge >= 0.3 is 0 Å². The maximum Gasteiger partial charge on any atom is 0.191 e. The van der Waals surface area contributed by atoms with Gasteiger partial charge in [0.05, 0.1) is 0 Å². The zero-order valence-corrected chi connectivity index (χ0v) is 20.4. The molecule has 5 nitrogen and oxygen atoms in total.